The Kier molecular flexibility index (Phi) is 6.49. The molecule has 164 valence electrons. The first-order chi connectivity index (χ1) is 14.7. The lowest BCUT2D eigenvalue weighted by Crippen LogP contribution is -2.44. The number of carbonyl (C=O) groups excluding carboxylic acids is 2. The number of nitrogens with one attached hydrogen (secondary N) is 2. The second-order valence-electron chi connectivity index (χ2n) is 7.09. The molecule has 0 saturated carbocycles. The van der Waals surface area contributed by atoms with Crippen molar-refractivity contribution >= 4 is 39.1 Å². The van der Waals surface area contributed by atoms with Crippen LogP contribution >= 0.6 is 0 Å². The summed E-state index contributed by atoms with van der Waals surface area (Å²) in [5.74, 6) is -0.721. The Morgan fingerprint density at radius 2 is 1.97 bits per heavy atom. The maximum absolute atomic E-state index is 11.9. The number of primary amides is 1. The highest BCUT2D eigenvalue weighted by molar-refractivity contribution is 7.90. The van der Waals surface area contributed by atoms with Crippen molar-refractivity contribution in [1.82, 2.24) is 20.1 Å². The number of sulfone groups is 1. The topological polar surface area (TPSA) is 160 Å². The largest absolute Gasteiger partial charge is 0.364 e. The number of benzene rings is 1. The lowest BCUT2D eigenvalue weighted by Gasteiger charge is -2.32. The van der Waals surface area contributed by atoms with Crippen molar-refractivity contribution in [1.29, 1.82) is 0 Å². The standard InChI is InChI=1S/C19H23N7O4S/c1-3-15(27)26-10-4-5-13(11-26)22-19-23-18(16(17(20)28)24-25-19)21-12-6-8-14(9-7-12)31(2,29)30/h3,6-9,13H,1,4-5,10-11H2,2H3,(H2,20,28)(H2,21,22,23,25). The average molecular weight is 446 g/mol. The van der Waals surface area contributed by atoms with E-state index in [0.29, 0.717) is 18.8 Å². The van der Waals surface area contributed by atoms with Gasteiger partial charge in [0.25, 0.3) is 5.91 Å². The van der Waals surface area contributed by atoms with E-state index in [1.165, 1.54) is 30.3 Å². The molecule has 1 unspecified atom stereocenters. The molecule has 31 heavy (non-hydrogen) atoms. The average Bonchev–Trinajstić information content (AvgIpc) is 2.73. The second kappa shape index (κ2) is 9.08. The molecule has 1 aliphatic heterocycles. The first-order valence-corrected chi connectivity index (χ1v) is 11.4. The number of aromatic nitrogens is 3. The Labute approximate surface area is 179 Å². The Hall–Kier alpha value is -3.54. The van der Waals surface area contributed by atoms with Gasteiger partial charge in [0.2, 0.25) is 11.9 Å². The van der Waals surface area contributed by atoms with Gasteiger partial charge in [0.15, 0.2) is 21.3 Å². The van der Waals surface area contributed by atoms with Crippen molar-refractivity contribution in [2.45, 2.75) is 23.8 Å². The van der Waals surface area contributed by atoms with E-state index in [9.17, 15) is 18.0 Å². The highest BCUT2D eigenvalue weighted by atomic mass is 32.2. The number of nitrogens with zero attached hydrogens (tertiary/aromatic N) is 4. The number of carbonyl (C=O) groups is 2. The molecule has 0 bridgehead atoms. The third-order valence-electron chi connectivity index (χ3n) is 4.71. The Morgan fingerprint density at radius 3 is 2.58 bits per heavy atom. The molecule has 2 amide bonds. The molecule has 4 N–H and O–H groups in total. The Balaban J connectivity index is 1.80. The molecule has 2 heterocycles. The van der Waals surface area contributed by atoms with Crippen molar-refractivity contribution in [2.24, 2.45) is 5.73 Å². The van der Waals surface area contributed by atoms with Gasteiger partial charge in [-0.1, -0.05) is 6.58 Å². The van der Waals surface area contributed by atoms with Crippen LogP contribution in [0, 0.1) is 0 Å². The summed E-state index contributed by atoms with van der Waals surface area (Å²) in [4.78, 5) is 29.7. The lowest BCUT2D eigenvalue weighted by molar-refractivity contribution is -0.127. The Morgan fingerprint density at radius 1 is 1.26 bits per heavy atom. The quantitative estimate of drug-likeness (QED) is 0.521. The van der Waals surface area contributed by atoms with E-state index in [0.717, 1.165) is 19.1 Å². The van der Waals surface area contributed by atoms with Gasteiger partial charge in [0, 0.05) is 31.1 Å². The fourth-order valence-electron chi connectivity index (χ4n) is 3.17. The van der Waals surface area contributed by atoms with Crippen molar-refractivity contribution in [2.75, 3.05) is 30.0 Å². The monoisotopic (exact) mass is 445 g/mol. The SMILES string of the molecule is C=CC(=O)N1CCCC(Nc2nnc(C(N)=O)c(Nc3ccc(S(C)(=O)=O)cc3)n2)C1. The van der Waals surface area contributed by atoms with Crippen LogP contribution in [0.2, 0.25) is 0 Å². The number of rotatable bonds is 7. The molecule has 1 aromatic heterocycles. The first-order valence-electron chi connectivity index (χ1n) is 9.47. The summed E-state index contributed by atoms with van der Waals surface area (Å²) in [6.45, 7) is 4.62. The summed E-state index contributed by atoms with van der Waals surface area (Å²) < 4.78 is 23.2. The summed E-state index contributed by atoms with van der Waals surface area (Å²) in [6.07, 6.45) is 4.00. The summed E-state index contributed by atoms with van der Waals surface area (Å²) >= 11 is 0. The van der Waals surface area contributed by atoms with Gasteiger partial charge in [-0.15, -0.1) is 10.2 Å². The molecule has 1 fully saturated rings. The third kappa shape index (κ3) is 5.54. The fraction of sp³-hybridized carbons (Fsp3) is 0.316. The van der Waals surface area contributed by atoms with Gasteiger partial charge < -0.3 is 21.3 Å². The predicted octanol–water partition coefficient (Wildman–Crippen LogP) is 0.707. The van der Waals surface area contributed by atoms with Crippen LogP contribution in [-0.2, 0) is 14.6 Å². The van der Waals surface area contributed by atoms with E-state index < -0.39 is 15.7 Å². The van der Waals surface area contributed by atoms with Crippen LogP contribution in [0.3, 0.4) is 0 Å². The van der Waals surface area contributed by atoms with Gasteiger partial charge in [-0.3, -0.25) is 9.59 Å². The number of piperidine rings is 1. The van der Waals surface area contributed by atoms with E-state index >= 15 is 0 Å². The lowest BCUT2D eigenvalue weighted by atomic mass is 10.1. The number of hydrogen-bond acceptors (Lipinski definition) is 9. The minimum atomic E-state index is -3.33. The molecule has 0 aliphatic carbocycles. The number of hydrogen-bond donors (Lipinski definition) is 3. The normalized spacial score (nSPS) is 16.4. The molecule has 1 aliphatic rings. The zero-order chi connectivity index (χ0) is 22.6. The van der Waals surface area contributed by atoms with Crippen molar-refractivity contribution in [3.63, 3.8) is 0 Å². The Bertz CT molecular complexity index is 1100. The van der Waals surface area contributed by atoms with Gasteiger partial charge in [-0.25, -0.2) is 8.42 Å². The summed E-state index contributed by atoms with van der Waals surface area (Å²) in [6, 6.07) is 5.85. The van der Waals surface area contributed by atoms with Gasteiger partial charge >= 0.3 is 0 Å². The molecule has 0 radical (unpaired) electrons. The molecule has 12 heteroatoms. The molecule has 0 spiro atoms. The van der Waals surface area contributed by atoms with Crippen molar-refractivity contribution < 1.29 is 18.0 Å². The van der Waals surface area contributed by atoms with Gasteiger partial charge in [0.05, 0.1) is 4.90 Å². The van der Waals surface area contributed by atoms with Crippen LogP contribution in [0.15, 0.2) is 41.8 Å². The van der Waals surface area contributed by atoms with Crippen molar-refractivity contribution in [3.8, 4) is 0 Å². The van der Waals surface area contributed by atoms with E-state index in [2.05, 4.69) is 32.4 Å². The first kappa shape index (κ1) is 22.2. The smallest absolute Gasteiger partial charge is 0.273 e. The molecule has 11 nitrogen and oxygen atoms in total. The van der Waals surface area contributed by atoms with Crippen molar-refractivity contribution in [3.05, 3.63) is 42.6 Å². The molecule has 2 aromatic rings. The molecule has 3 rings (SSSR count). The minimum absolute atomic E-state index is 0.0759. The maximum atomic E-state index is 11.9. The van der Waals surface area contributed by atoms with E-state index in [4.69, 9.17) is 5.73 Å². The van der Waals surface area contributed by atoms with Gasteiger partial charge in [-0.05, 0) is 43.2 Å². The highest BCUT2D eigenvalue weighted by Gasteiger charge is 2.23. The summed E-state index contributed by atoms with van der Waals surface area (Å²) in [7, 11) is -3.33. The van der Waals surface area contributed by atoms with E-state index in [1.54, 1.807) is 4.90 Å². The van der Waals surface area contributed by atoms with Crippen LogP contribution in [0.4, 0.5) is 17.5 Å². The summed E-state index contributed by atoms with van der Waals surface area (Å²) in [5, 5.41) is 13.8. The number of nitrogens with two attached hydrogens (primary N) is 1. The van der Waals surface area contributed by atoms with Crippen LogP contribution in [0.5, 0.6) is 0 Å². The van der Waals surface area contributed by atoms with E-state index in [-0.39, 0.29) is 34.3 Å². The fourth-order valence-corrected chi connectivity index (χ4v) is 3.80. The summed E-state index contributed by atoms with van der Waals surface area (Å²) in [5.41, 5.74) is 5.70. The minimum Gasteiger partial charge on any atom is -0.364 e. The number of likely N-dealkylation sites (tertiary alicyclic amines) is 1. The van der Waals surface area contributed by atoms with Gasteiger partial charge in [-0.2, -0.15) is 4.98 Å². The number of amides is 2. The zero-order valence-corrected chi connectivity index (χ0v) is 17.7. The maximum Gasteiger partial charge on any atom is 0.273 e. The van der Waals surface area contributed by atoms with E-state index in [1.807, 2.05) is 0 Å². The molecule has 1 aromatic carbocycles. The predicted molar refractivity (Wildman–Crippen MR) is 115 cm³/mol. The second-order valence-corrected chi connectivity index (χ2v) is 9.11. The number of anilines is 3. The van der Waals surface area contributed by atoms with Crippen LogP contribution in [0.1, 0.15) is 23.3 Å². The highest BCUT2D eigenvalue weighted by Crippen LogP contribution is 2.21. The van der Waals surface area contributed by atoms with Crippen LogP contribution < -0.4 is 16.4 Å². The van der Waals surface area contributed by atoms with Crippen LogP contribution in [0.25, 0.3) is 0 Å². The molecule has 1 atom stereocenters. The molecular formula is C19H23N7O4S. The zero-order valence-electron chi connectivity index (χ0n) is 16.9. The third-order valence-corrected chi connectivity index (χ3v) is 5.83. The molecular weight excluding hydrogens is 422 g/mol. The molecule has 1 saturated heterocycles. The van der Waals surface area contributed by atoms with Crippen LogP contribution in [-0.4, -0.2) is 65.7 Å². The van der Waals surface area contributed by atoms with Gasteiger partial charge in [0.1, 0.15) is 0 Å².